The minimum absolute atomic E-state index is 0.0569. The summed E-state index contributed by atoms with van der Waals surface area (Å²) in [7, 11) is 0. The molecule has 3 rings (SSSR count). The minimum atomic E-state index is -4.82. The second kappa shape index (κ2) is 9.32. The van der Waals surface area contributed by atoms with E-state index in [2.05, 4.69) is 15.0 Å². The number of amides is 1. The number of hydrogen-bond donors (Lipinski definition) is 1. The lowest BCUT2D eigenvalue weighted by Crippen LogP contribution is -2.27. The third kappa shape index (κ3) is 6.23. The lowest BCUT2D eigenvalue weighted by Gasteiger charge is -2.23. The van der Waals surface area contributed by atoms with Gasteiger partial charge in [-0.1, -0.05) is 29.8 Å². The zero-order valence-electron chi connectivity index (χ0n) is 15.2. The normalized spacial score (nSPS) is 15.0. The highest BCUT2D eigenvalue weighted by atomic mass is 35.5. The highest BCUT2D eigenvalue weighted by Crippen LogP contribution is 2.27. The van der Waals surface area contributed by atoms with Crippen LogP contribution in [0.1, 0.15) is 28.8 Å². The van der Waals surface area contributed by atoms with E-state index in [0.717, 1.165) is 12.8 Å². The van der Waals surface area contributed by atoms with E-state index >= 15 is 0 Å². The number of benzene rings is 1. The van der Waals surface area contributed by atoms with E-state index in [1.807, 2.05) is 0 Å². The zero-order chi connectivity index (χ0) is 20.9. The summed E-state index contributed by atoms with van der Waals surface area (Å²) in [6.07, 6.45) is -2.14. The van der Waals surface area contributed by atoms with Gasteiger partial charge in [-0.2, -0.15) is 0 Å². The quantitative estimate of drug-likeness (QED) is 0.746. The molecule has 1 aromatic heterocycles. The first-order chi connectivity index (χ1) is 13.8. The average molecular weight is 431 g/mol. The molecule has 1 aliphatic heterocycles. The van der Waals surface area contributed by atoms with Gasteiger partial charge in [-0.25, -0.2) is 4.98 Å². The van der Waals surface area contributed by atoms with Crippen molar-refractivity contribution in [2.24, 2.45) is 0 Å². The number of para-hydroxylation sites is 1. The fourth-order valence-electron chi connectivity index (χ4n) is 2.74. The van der Waals surface area contributed by atoms with Gasteiger partial charge in [0.2, 0.25) is 5.88 Å². The summed E-state index contributed by atoms with van der Waals surface area (Å²) in [5, 5.41) is 2.70. The molecule has 0 bridgehead atoms. The van der Waals surface area contributed by atoms with Crippen LogP contribution in [0.4, 0.5) is 13.2 Å². The molecule has 0 aliphatic carbocycles. The molecule has 0 spiro atoms. The monoisotopic (exact) mass is 430 g/mol. The molecule has 1 N–H and O–H groups in total. The number of pyridine rings is 1. The number of nitrogens with zero attached hydrogens (tertiary/aromatic N) is 1. The molecule has 10 heteroatoms. The summed E-state index contributed by atoms with van der Waals surface area (Å²) < 4.78 is 52.4. The number of nitrogens with one attached hydrogen (secondary N) is 1. The Hall–Kier alpha value is -2.52. The van der Waals surface area contributed by atoms with Gasteiger partial charge in [-0.3, -0.25) is 4.79 Å². The Morgan fingerprint density at radius 2 is 2.00 bits per heavy atom. The molecule has 0 atom stereocenters. The molecule has 1 fully saturated rings. The number of rotatable bonds is 6. The van der Waals surface area contributed by atoms with Crippen LogP contribution in [-0.4, -0.2) is 36.6 Å². The van der Waals surface area contributed by atoms with Crippen LogP contribution in [0.5, 0.6) is 11.6 Å². The second-order valence-corrected chi connectivity index (χ2v) is 6.69. The average Bonchev–Trinajstić information content (AvgIpc) is 2.68. The first-order valence-electron chi connectivity index (χ1n) is 8.83. The Balaban J connectivity index is 1.62. The number of aromatic nitrogens is 1. The summed E-state index contributed by atoms with van der Waals surface area (Å²) in [4.78, 5) is 16.4. The minimum Gasteiger partial charge on any atom is -0.473 e. The van der Waals surface area contributed by atoms with E-state index in [0.29, 0.717) is 13.2 Å². The predicted molar refractivity (Wildman–Crippen MR) is 98.0 cm³/mol. The molecule has 0 radical (unpaired) electrons. The zero-order valence-corrected chi connectivity index (χ0v) is 15.9. The van der Waals surface area contributed by atoms with E-state index in [-0.39, 0.29) is 40.4 Å². The summed E-state index contributed by atoms with van der Waals surface area (Å²) in [5.74, 6) is -0.700. The van der Waals surface area contributed by atoms with Gasteiger partial charge in [0.25, 0.3) is 5.91 Å². The second-order valence-electron chi connectivity index (χ2n) is 6.28. The van der Waals surface area contributed by atoms with Crippen molar-refractivity contribution < 1.29 is 32.2 Å². The van der Waals surface area contributed by atoms with Crippen molar-refractivity contribution in [1.29, 1.82) is 0 Å². The van der Waals surface area contributed by atoms with E-state index in [4.69, 9.17) is 21.1 Å². The molecule has 0 saturated carbocycles. The van der Waals surface area contributed by atoms with Crippen LogP contribution in [0, 0.1) is 0 Å². The molecule has 1 amide bonds. The number of carbonyl (C=O) groups is 1. The van der Waals surface area contributed by atoms with Gasteiger partial charge >= 0.3 is 6.36 Å². The molecule has 2 aromatic rings. The van der Waals surface area contributed by atoms with Crippen molar-refractivity contribution in [3.63, 3.8) is 0 Å². The number of ether oxygens (including phenoxy) is 3. The number of alkyl halides is 3. The van der Waals surface area contributed by atoms with Gasteiger partial charge in [0.1, 0.15) is 16.9 Å². The van der Waals surface area contributed by atoms with Gasteiger partial charge in [0.05, 0.1) is 18.8 Å². The van der Waals surface area contributed by atoms with E-state index in [9.17, 15) is 18.0 Å². The largest absolute Gasteiger partial charge is 0.573 e. The van der Waals surface area contributed by atoms with Gasteiger partial charge in [-0.15, -0.1) is 13.2 Å². The fraction of sp³-hybridized carbons (Fsp3) is 0.368. The first-order valence-corrected chi connectivity index (χ1v) is 9.21. The van der Waals surface area contributed by atoms with Gasteiger partial charge in [0.15, 0.2) is 0 Å². The molecule has 1 aromatic carbocycles. The molecule has 0 unspecified atom stereocenters. The highest BCUT2D eigenvalue weighted by Gasteiger charge is 2.32. The van der Waals surface area contributed by atoms with Gasteiger partial charge in [0, 0.05) is 31.1 Å². The number of halogens is 4. The van der Waals surface area contributed by atoms with Gasteiger partial charge in [-0.05, 0) is 12.1 Å². The molecule has 1 saturated heterocycles. The van der Waals surface area contributed by atoms with Crippen molar-refractivity contribution in [3.8, 4) is 11.6 Å². The SMILES string of the molecule is O=C(NCc1ccccc1OC(F)(F)F)c1cnc(OC2CCOCC2)c(Cl)c1. The first kappa shape index (κ1) is 21.2. The molecule has 2 heterocycles. The molecule has 156 valence electrons. The van der Waals surface area contributed by atoms with Gasteiger partial charge < -0.3 is 19.5 Å². The predicted octanol–water partition coefficient (Wildman–Crippen LogP) is 4.12. The van der Waals surface area contributed by atoms with Crippen molar-refractivity contribution in [2.75, 3.05) is 13.2 Å². The molecule has 6 nitrogen and oxygen atoms in total. The Kier molecular flexibility index (Phi) is 6.81. The van der Waals surface area contributed by atoms with Crippen molar-refractivity contribution >= 4 is 17.5 Å². The molecule has 29 heavy (non-hydrogen) atoms. The van der Waals surface area contributed by atoms with Crippen LogP contribution in [0.3, 0.4) is 0 Å². The third-order valence-corrected chi connectivity index (χ3v) is 4.42. The van der Waals surface area contributed by atoms with Crippen LogP contribution < -0.4 is 14.8 Å². The fourth-order valence-corrected chi connectivity index (χ4v) is 2.95. The third-order valence-electron chi connectivity index (χ3n) is 4.15. The van der Waals surface area contributed by atoms with Crippen LogP contribution in [0.25, 0.3) is 0 Å². The number of hydrogen-bond acceptors (Lipinski definition) is 5. The van der Waals surface area contributed by atoms with Crippen molar-refractivity contribution in [2.45, 2.75) is 31.9 Å². The smallest absolute Gasteiger partial charge is 0.473 e. The maximum Gasteiger partial charge on any atom is 0.573 e. The lowest BCUT2D eigenvalue weighted by molar-refractivity contribution is -0.274. The van der Waals surface area contributed by atoms with E-state index in [1.54, 1.807) is 6.07 Å². The Labute approximate surface area is 169 Å². The van der Waals surface area contributed by atoms with Crippen LogP contribution >= 0.6 is 11.6 Å². The van der Waals surface area contributed by atoms with E-state index < -0.39 is 12.3 Å². The van der Waals surface area contributed by atoms with Crippen LogP contribution in [-0.2, 0) is 11.3 Å². The van der Waals surface area contributed by atoms with Crippen molar-refractivity contribution in [1.82, 2.24) is 10.3 Å². The summed E-state index contributed by atoms with van der Waals surface area (Å²) >= 11 is 6.16. The van der Waals surface area contributed by atoms with Crippen LogP contribution in [0.2, 0.25) is 5.02 Å². The highest BCUT2D eigenvalue weighted by molar-refractivity contribution is 6.32. The molecular formula is C19H18ClF3N2O4. The van der Waals surface area contributed by atoms with Crippen LogP contribution in [0.15, 0.2) is 36.5 Å². The summed E-state index contributed by atoms with van der Waals surface area (Å²) in [5.41, 5.74) is 0.334. The lowest BCUT2D eigenvalue weighted by atomic mass is 10.1. The topological polar surface area (TPSA) is 69.7 Å². The molecular weight excluding hydrogens is 413 g/mol. The summed E-state index contributed by atoms with van der Waals surface area (Å²) in [6, 6.07) is 6.96. The maximum atomic E-state index is 12.5. The van der Waals surface area contributed by atoms with Crippen molar-refractivity contribution in [3.05, 3.63) is 52.7 Å². The number of carbonyl (C=O) groups excluding carboxylic acids is 1. The Morgan fingerprint density at radius 3 is 2.69 bits per heavy atom. The summed E-state index contributed by atoms with van der Waals surface area (Å²) in [6.45, 7) is 1.04. The Bertz CT molecular complexity index is 858. The standard InChI is InChI=1S/C19H18ClF3N2O4/c20-15-9-13(11-25-18(15)28-14-5-7-27-8-6-14)17(26)24-10-12-3-1-2-4-16(12)29-19(21,22)23/h1-4,9,11,14H,5-8,10H2,(H,24,26). The maximum absolute atomic E-state index is 12.5. The van der Waals surface area contributed by atoms with E-state index in [1.165, 1.54) is 30.5 Å². The Morgan fingerprint density at radius 1 is 1.28 bits per heavy atom. The molecule has 1 aliphatic rings.